The number of aromatic nitrogens is 1. The maximum absolute atomic E-state index is 6.12. The molecule has 3 N–H and O–H groups in total. The normalized spacial score (nSPS) is 15.8. The third-order valence-corrected chi connectivity index (χ3v) is 4.88. The van der Waals surface area contributed by atoms with E-state index < -0.39 is 0 Å². The van der Waals surface area contributed by atoms with Gasteiger partial charge in [-0.3, -0.25) is 9.98 Å². The fourth-order valence-electron chi connectivity index (χ4n) is 3.09. The van der Waals surface area contributed by atoms with Gasteiger partial charge >= 0.3 is 0 Å². The number of halogens is 1. The second-order valence-electron chi connectivity index (χ2n) is 6.34. The second-order valence-corrected chi connectivity index (χ2v) is 6.74. The number of hydrogen-bond acceptors (Lipinski definition) is 4. The fraction of sp³-hybridized carbons (Fsp3) is 0.368. The zero-order chi connectivity index (χ0) is 18.4. The highest BCUT2D eigenvalue weighted by molar-refractivity contribution is 6.32. The van der Waals surface area contributed by atoms with E-state index in [9.17, 15) is 0 Å². The number of pyridine rings is 1. The number of ether oxygens (including phenoxy) is 1. The van der Waals surface area contributed by atoms with Gasteiger partial charge < -0.3 is 20.7 Å². The Bertz CT molecular complexity index is 745. The molecule has 0 aliphatic carbocycles. The Morgan fingerprint density at radius 2 is 2.04 bits per heavy atom. The first-order valence-electron chi connectivity index (χ1n) is 8.71. The van der Waals surface area contributed by atoms with Crippen LogP contribution in [0.5, 0.6) is 5.75 Å². The Hall–Kier alpha value is -2.47. The van der Waals surface area contributed by atoms with Crippen LogP contribution in [0.1, 0.15) is 12.8 Å². The number of rotatable bonds is 5. The molecular formula is C19H24ClN5O. The highest BCUT2D eigenvalue weighted by Gasteiger charge is 2.19. The molecule has 2 aromatic rings. The van der Waals surface area contributed by atoms with Gasteiger partial charge in [0.15, 0.2) is 5.96 Å². The van der Waals surface area contributed by atoms with Crippen molar-refractivity contribution in [2.24, 2.45) is 16.6 Å². The van der Waals surface area contributed by atoms with Crippen molar-refractivity contribution < 1.29 is 4.74 Å². The summed E-state index contributed by atoms with van der Waals surface area (Å²) in [6.45, 7) is 2.80. The molecule has 0 radical (unpaired) electrons. The number of guanidine groups is 1. The van der Waals surface area contributed by atoms with Crippen molar-refractivity contribution in [1.82, 2.24) is 4.98 Å². The molecule has 0 spiro atoms. The van der Waals surface area contributed by atoms with Crippen LogP contribution in [0, 0.1) is 5.92 Å². The number of piperidine rings is 1. The summed E-state index contributed by atoms with van der Waals surface area (Å²) in [4.78, 5) is 11.0. The SMILES string of the molecule is COc1ccc(NC(N)=NCC2CCN(c3ccncc3)CC2)cc1Cl. The molecule has 3 rings (SSSR count). The maximum Gasteiger partial charge on any atom is 0.193 e. The largest absolute Gasteiger partial charge is 0.495 e. The number of nitrogens with zero attached hydrogens (tertiary/aromatic N) is 3. The third-order valence-electron chi connectivity index (χ3n) is 4.59. The van der Waals surface area contributed by atoms with E-state index in [0.717, 1.165) is 38.2 Å². The monoisotopic (exact) mass is 373 g/mol. The number of benzene rings is 1. The molecule has 6 nitrogen and oxygen atoms in total. The van der Waals surface area contributed by atoms with Crippen molar-refractivity contribution in [2.45, 2.75) is 12.8 Å². The molecule has 1 fully saturated rings. The minimum absolute atomic E-state index is 0.405. The van der Waals surface area contributed by atoms with Crippen molar-refractivity contribution in [1.29, 1.82) is 0 Å². The van der Waals surface area contributed by atoms with Gasteiger partial charge in [0.25, 0.3) is 0 Å². The molecule has 1 aromatic heterocycles. The van der Waals surface area contributed by atoms with E-state index in [-0.39, 0.29) is 0 Å². The van der Waals surface area contributed by atoms with Gasteiger partial charge in [-0.1, -0.05) is 11.6 Å². The molecular weight excluding hydrogens is 350 g/mol. The number of nitrogens with one attached hydrogen (secondary N) is 1. The minimum Gasteiger partial charge on any atom is -0.495 e. The van der Waals surface area contributed by atoms with Crippen LogP contribution in [-0.2, 0) is 0 Å². The van der Waals surface area contributed by atoms with Crippen LogP contribution < -0.4 is 20.7 Å². The molecule has 0 bridgehead atoms. The Morgan fingerprint density at radius 3 is 2.69 bits per heavy atom. The lowest BCUT2D eigenvalue weighted by molar-refractivity contribution is 0.415. The molecule has 1 saturated heterocycles. The summed E-state index contributed by atoms with van der Waals surface area (Å²) < 4.78 is 5.14. The lowest BCUT2D eigenvalue weighted by Gasteiger charge is -2.33. The highest BCUT2D eigenvalue weighted by atomic mass is 35.5. The highest BCUT2D eigenvalue weighted by Crippen LogP contribution is 2.27. The van der Waals surface area contributed by atoms with Gasteiger partial charge in [-0.2, -0.15) is 0 Å². The van der Waals surface area contributed by atoms with E-state index in [1.165, 1.54) is 5.69 Å². The van der Waals surface area contributed by atoms with E-state index in [0.29, 0.717) is 22.6 Å². The van der Waals surface area contributed by atoms with Crippen LogP contribution in [0.3, 0.4) is 0 Å². The predicted octanol–water partition coefficient (Wildman–Crippen LogP) is 3.39. The van der Waals surface area contributed by atoms with Crippen LogP contribution >= 0.6 is 11.6 Å². The van der Waals surface area contributed by atoms with Crippen LogP contribution in [-0.4, -0.2) is 37.7 Å². The van der Waals surface area contributed by atoms with Crippen LogP contribution in [0.4, 0.5) is 11.4 Å². The molecule has 7 heteroatoms. The first-order valence-corrected chi connectivity index (χ1v) is 9.09. The summed E-state index contributed by atoms with van der Waals surface area (Å²) in [7, 11) is 1.59. The van der Waals surface area contributed by atoms with Gasteiger partial charge in [-0.15, -0.1) is 0 Å². The van der Waals surface area contributed by atoms with Gasteiger partial charge in [0.05, 0.1) is 12.1 Å². The topological polar surface area (TPSA) is 75.8 Å². The zero-order valence-corrected chi connectivity index (χ0v) is 15.6. The van der Waals surface area contributed by atoms with Gasteiger partial charge in [0.2, 0.25) is 0 Å². The molecule has 1 aliphatic rings. The van der Waals surface area contributed by atoms with Gasteiger partial charge in [0, 0.05) is 43.4 Å². The Morgan fingerprint density at radius 1 is 1.31 bits per heavy atom. The smallest absolute Gasteiger partial charge is 0.193 e. The molecule has 26 heavy (non-hydrogen) atoms. The molecule has 0 amide bonds. The van der Waals surface area contributed by atoms with Crippen LogP contribution in [0.2, 0.25) is 5.02 Å². The summed E-state index contributed by atoms with van der Waals surface area (Å²) >= 11 is 6.12. The molecule has 2 heterocycles. The number of nitrogens with two attached hydrogens (primary N) is 1. The van der Waals surface area contributed by atoms with Crippen LogP contribution in [0.25, 0.3) is 0 Å². The average molecular weight is 374 g/mol. The van der Waals surface area contributed by atoms with E-state index >= 15 is 0 Å². The van der Waals surface area contributed by atoms with Gasteiger partial charge in [0.1, 0.15) is 5.75 Å². The van der Waals surface area contributed by atoms with Gasteiger partial charge in [-0.25, -0.2) is 0 Å². The van der Waals surface area contributed by atoms with Crippen molar-refractivity contribution in [2.75, 3.05) is 37.0 Å². The van der Waals surface area contributed by atoms with Crippen molar-refractivity contribution in [3.05, 3.63) is 47.7 Å². The Kier molecular flexibility index (Phi) is 6.17. The minimum atomic E-state index is 0.405. The van der Waals surface area contributed by atoms with E-state index in [1.54, 1.807) is 19.2 Å². The average Bonchev–Trinajstić information content (AvgIpc) is 2.68. The molecule has 1 aromatic carbocycles. The molecule has 0 atom stereocenters. The number of aliphatic imine (C=N–C) groups is 1. The maximum atomic E-state index is 6.12. The molecule has 0 unspecified atom stereocenters. The number of anilines is 2. The lowest BCUT2D eigenvalue weighted by Crippen LogP contribution is -2.35. The van der Waals surface area contributed by atoms with E-state index in [1.807, 2.05) is 18.5 Å². The Balaban J connectivity index is 1.48. The van der Waals surface area contributed by atoms with E-state index in [4.69, 9.17) is 22.1 Å². The summed E-state index contributed by atoms with van der Waals surface area (Å²) in [5, 5.41) is 3.61. The first kappa shape index (κ1) is 18.3. The standard InChI is InChI=1S/C19H24ClN5O/c1-26-18-3-2-15(12-17(18)20)24-19(21)23-13-14-6-10-25(11-7-14)16-4-8-22-9-5-16/h2-5,8-9,12,14H,6-7,10-11,13H2,1H3,(H3,21,23,24). The van der Waals surface area contributed by atoms with Crippen molar-refractivity contribution in [3.8, 4) is 5.75 Å². The first-order chi connectivity index (χ1) is 12.7. The van der Waals surface area contributed by atoms with E-state index in [2.05, 4.69) is 32.3 Å². The third kappa shape index (κ3) is 4.79. The Labute approximate surface area is 159 Å². The zero-order valence-electron chi connectivity index (χ0n) is 14.9. The lowest BCUT2D eigenvalue weighted by atomic mass is 9.97. The fourth-order valence-corrected chi connectivity index (χ4v) is 3.35. The molecule has 0 saturated carbocycles. The van der Waals surface area contributed by atoms with Crippen molar-refractivity contribution >= 4 is 28.9 Å². The number of hydrogen-bond donors (Lipinski definition) is 2. The second kappa shape index (κ2) is 8.76. The number of methoxy groups -OCH3 is 1. The summed E-state index contributed by atoms with van der Waals surface area (Å²) in [6.07, 6.45) is 5.88. The molecule has 1 aliphatic heterocycles. The van der Waals surface area contributed by atoms with Crippen molar-refractivity contribution in [3.63, 3.8) is 0 Å². The van der Waals surface area contributed by atoms with Crippen LogP contribution in [0.15, 0.2) is 47.7 Å². The summed E-state index contributed by atoms with van der Waals surface area (Å²) in [5.41, 5.74) is 8.04. The van der Waals surface area contributed by atoms with Gasteiger partial charge in [-0.05, 0) is 49.1 Å². The predicted molar refractivity (Wildman–Crippen MR) is 107 cm³/mol. The summed E-state index contributed by atoms with van der Waals surface area (Å²) in [6, 6.07) is 9.55. The quantitative estimate of drug-likeness (QED) is 0.620. The summed E-state index contributed by atoms with van der Waals surface area (Å²) in [5.74, 6) is 1.59. The molecule has 138 valence electrons.